The second kappa shape index (κ2) is 7.78. The summed E-state index contributed by atoms with van der Waals surface area (Å²) in [7, 11) is 0. The van der Waals surface area contributed by atoms with Crippen LogP contribution in [-0.2, 0) is 17.4 Å². The standard InChI is InChI=1S/C18H17ClF3NO2/c1-3-12-10-13(8-9-15(12)19)25-11(2)17(24)23-16-7-5-4-6-14(16)18(20,21)22/h4-11H,3H2,1-2H3,(H,23,24). The van der Waals surface area contributed by atoms with E-state index in [4.69, 9.17) is 16.3 Å². The second-order valence-electron chi connectivity index (χ2n) is 5.40. The summed E-state index contributed by atoms with van der Waals surface area (Å²) in [5.74, 6) is -0.252. The molecule has 0 aliphatic heterocycles. The summed E-state index contributed by atoms with van der Waals surface area (Å²) < 4.78 is 44.4. The molecular formula is C18H17ClF3NO2. The van der Waals surface area contributed by atoms with E-state index in [2.05, 4.69) is 5.32 Å². The van der Waals surface area contributed by atoms with Crippen molar-refractivity contribution < 1.29 is 22.7 Å². The molecule has 2 rings (SSSR count). The highest BCUT2D eigenvalue weighted by Gasteiger charge is 2.34. The first-order valence-corrected chi connectivity index (χ1v) is 8.02. The van der Waals surface area contributed by atoms with Gasteiger partial charge in [-0.05, 0) is 49.2 Å². The molecule has 0 saturated carbocycles. The average molecular weight is 372 g/mol. The first-order chi connectivity index (χ1) is 11.7. The summed E-state index contributed by atoms with van der Waals surface area (Å²) in [5, 5.41) is 2.86. The lowest BCUT2D eigenvalue weighted by Crippen LogP contribution is -2.31. The molecule has 0 radical (unpaired) electrons. The van der Waals surface area contributed by atoms with E-state index in [0.717, 1.165) is 11.6 Å². The maximum atomic E-state index is 13.0. The zero-order valence-electron chi connectivity index (χ0n) is 13.7. The predicted molar refractivity (Wildman–Crippen MR) is 91.0 cm³/mol. The summed E-state index contributed by atoms with van der Waals surface area (Å²) in [5.41, 5.74) is -0.356. The summed E-state index contributed by atoms with van der Waals surface area (Å²) in [4.78, 5) is 12.2. The Morgan fingerprint density at radius 1 is 1.24 bits per heavy atom. The molecule has 134 valence electrons. The Bertz CT molecular complexity index is 762. The zero-order valence-corrected chi connectivity index (χ0v) is 14.4. The van der Waals surface area contributed by atoms with Gasteiger partial charge in [-0.1, -0.05) is 30.7 Å². The molecule has 0 aromatic heterocycles. The van der Waals surface area contributed by atoms with Gasteiger partial charge in [0.25, 0.3) is 5.91 Å². The topological polar surface area (TPSA) is 38.3 Å². The number of hydrogen-bond donors (Lipinski definition) is 1. The Morgan fingerprint density at radius 2 is 1.92 bits per heavy atom. The highest BCUT2D eigenvalue weighted by atomic mass is 35.5. The van der Waals surface area contributed by atoms with Gasteiger partial charge in [0.05, 0.1) is 11.3 Å². The molecule has 0 spiro atoms. The maximum Gasteiger partial charge on any atom is 0.418 e. The number of alkyl halides is 3. The number of halogens is 4. The number of carbonyl (C=O) groups is 1. The van der Waals surface area contributed by atoms with Crippen LogP contribution in [0.15, 0.2) is 42.5 Å². The minimum atomic E-state index is -4.56. The van der Waals surface area contributed by atoms with Crippen molar-refractivity contribution in [3.8, 4) is 5.75 Å². The maximum absolute atomic E-state index is 13.0. The molecular weight excluding hydrogens is 355 g/mol. The van der Waals surface area contributed by atoms with Gasteiger partial charge in [-0.25, -0.2) is 0 Å². The van der Waals surface area contributed by atoms with Gasteiger partial charge in [-0.3, -0.25) is 4.79 Å². The molecule has 1 amide bonds. The van der Waals surface area contributed by atoms with Gasteiger partial charge < -0.3 is 10.1 Å². The van der Waals surface area contributed by atoms with E-state index in [1.807, 2.05) is 6.92 Å². The first-order valence-electron chi connectivity index (χ1n) is 7.64. The summed E-state index contributed by atoms with van der Waals surface area (Å²) >= 11 is 6.02. The van der Waals surface area contributed by atoms with Crippen molar-refractivity contribution in [2.24, 2.45) is 0 Å². The molecule has 2 aromatic carbocycles. The molecule has 0 fully saturated rings. The lowest BCUT2D eigenvalue weighted by molar-refractivity contribution is -0.137. The molecule has 25 heavy (non-hydrogen) atoms. The van der Waals surface area contributed by atoms with Crippen molar-refractivity contribution in [1.82, 2.24) is 0 Å². The van der Waals surface area contributed by atoms with Gasteiger partial charge in [-0.15, -0.1) is 0 Å². The van der Waals surface area contributed by atoms with Crippen LogP contribution in [0.25, 0.3) is 0 Å². The molecule has 7 heteroatoms. The fourth-order valence-electron chi connectivity index (χ4n) is 2.23. The van der Waals surface area contributed by atoms with Crippen molar-refractivity contribution in [2.45, 2.75) is 32.5 Å². The summed E-state index contributed by atoms with van der Waals surface area (Å²) in [6.45, 7) is 3.39. The van der Waals surface area contributed by atoms with Crippen LogP contribution in [0.1, 0.15) is 25.0 Å². The molecule has 1 atom stereocenters. The largest absolute Gasteiger partial charge is 0.481 e. The Balaban J connectivity index is 2.11. The van der Waals surface area contributed by atoms with E-state index in [1.165, 1.54) is 25.1 Å². The number of rotatable bonds is 5. The average Bonchev–Trinajstić information content (AvgIpc) is 2.56. The van der Waals surface area contributed by atoms with E-state index < -0.39 is 23.8 Å². The monoisotopic (exact) mass is 371 g/mol. The number of anilines is 1. The van der Waals surface area contributed by atoms with Gasteiger partial charge in [0, 0.05) is 5.02 Å². The van der Waals surface area contributed by atoms with E-state index in [9.17, 15) is 18.0 Å². The molecule has 0 aliphatic rings. The highest BCUT2D eigenvalue weighted by Crippen LogP contribution is 2.34. The number of nitrogens with one attached hydrogen (secondary N) is 1. The van der Waals surface area contributed by atoms with Crippen LogP contribution in [0.4, 0.5) is 18.9 Å². The minimum absolute atomic E-state index is 0.305. The number of carbonyl (C=O) groups excluding carboxylic acids is 1. The quantitative estimate of drug-likeness (QED) is 0.771. The Hall–Kier alpha value is -2.21. The van der Waals surface area contributed by atoms with E-state index in [-0.39, 0.29) is 5.69 Å². The van der Waals surface area contributed by atoms with Crippen molar-refractivity contribution >= 4 is 23.2 Å². The second-order valence-corrected chi connectivity index (χ2v) is 5.81. The van der Waals surface area contributed by atoms with Crippen molar-refractivity contribution in [3.05, 3.63) is 58.6 Å². The fraction of sp³-hybridized carbons (Fsp3) is 0.278. The Labute approximate surface area is 148 Å². The minimum Gasteiger partial charge on any atom is -0.481 e. The zero-order chi connectivity index (χ0) is 18.6. The molecule has 0 aliphatic carbocycles. The molecule has 0 saturated heterocycles. The van der Waals surface area contributed by atoms with Crippen molar-refractivity contribution in [1.29, 1.82) is 0 Å². The van der Waals surface area contributed by atoms with Gasteiger partial charge in [0.2, 0.25) is 0 Å². The van der Waals surface area contributed by atoms with E-state index >= 15 is 0 Å². The van der Waals surface area contributed by atoms with Crippen molar-refractivity contribution in [2.75, 3.05) is 5.32 Å². The number of hydrogen-bond acceptors (Lipinski definition) is 2. The van der Waals surface area contributed by atoms with Gasteiger partial charge >= 0.3 is 6.18 Å². The lowest BCUT2D eigenvalue weighted by Gasteiger charge is -2.18. The third-order valence-electron chi connectivity index (χ3n) is 3.57. The third-order valence-corrected chi connectivity index (χ3v) is 3.94. The van der Waals surface area contributed by atoms with E-state index in [0.29, 0.717) is 17.2 Å². The van der Waals surface area contributed by atoms with Gasteiger partial charge in [0.15, 0.2) is 6.10 Å². The number of benzene rings is 2. The van der Waals surface area contributed by atoms with Crippen LogP contribution < -0.4 is 10.1 Å². The normalized spacial score (nSPS) is 12.6. The van der Waals surface area contributed by atoms with Crippen molar-refractivity contribution in [3.63, 3.8) is 0 Å². The van der Waals surface area contributed by atoms with Crippen LogP contribution in [0.2, 0.25) is 5.02 Å². The predicted octanol–water partition coefficient (Wildman–Crippen LogP) is 5.33. The molecule has 0 bridgehead atoms. The van der Waals surface area contributed by atoms with Crippen LogP contribution in [0.5, 0.6) is 5.75 Å². The molecule has 2 aromatic rings. The van der Waals surface area contributed by atoms with Gasteiger partial charge in [0.1, 0.15) is 5.75 Å². The van der Waals surface area contributed by atoms with Crippen LogP contribution in [-0.4, -0.2) is 12.0 Å². The fourth-order valence-corrected chi connectivity index (χ4v) is 2.48. The number of para-hydroxylation sites is 1. The SMILES string of the molecule is CCc1cc(OC(C)C(=O)Nc2ccccc2C(F)(F)F)ccc1Cl. The van der Waals surface area contributed by atoms with Gasteiger partial charge in [-0.2, -0.15) is 13.2 Å². The van der Waals surface area contributed by atoms with Crippen LogP contribution in [0, 0.1) is 0 Å². The Kier molecular flexibility index (Phi) is 5.95. The van der Waals surface area contributed by atoms with E-state index in [1.54, 1.807) is 18.2 Å². The molecule has 0 heterocycles. The van der Waals surface area contributed by atoms with Crippen LogP contribution >= 0.6 is 11.6 Å². The molecule has 1 N–H and O–H groups in total. The molecule has 3 nitrogen and oxygen atoms in total. The summed E-state index contributed by atoms with van der Waals surface area (Å²) in [6, 6.07) is 9.75. The summed E-state index contributed by atoms with van der Waals surface area (Å²) in [6.07, 6.45) is -4.84. The van der Waals surface area contributed by atoms with Crippen LogP contribution in [0.3, 0.4) is 0 Å². The lowest BCUT2D eigenvalue weighted by atomic mass is 10.1. The number of amides is 1. The number of aryl methyl sites for hydroxylation is 1. The smallest absolute Gasteiger partial charge is 0.418 e. The third kappa shape index (κ3) is 4.89. The number of ether oxygens (including phenoxy) is 1. The molecule has 1 unspecified atom stereocenters. The highest BCUT2D eigenvalue weighted by molar-refractivity contribution is 6.31. The Morgan fingerprint density at radius 3 is 2.56 bits per heavy atom. The first kappa shape index (κ1) is 19.1.